The Morgan fingerprint density at radius 3 is 2.79 bits per heavy atom. The number of aromatic amines is 1. The summed E-state index contributed by atoms with van der Waals surface area (Å²) in [5.41, 5.74) is -0.472. The van der Waals surface area contributed by atoms with Crippen molar-refractivity contribution in [3.05, 3.63) is 18.0 Å². The van der Waals surface area contributed by atoms with E-state index in [2.05, 4.69) is 15.5 Å². The molecule has 0 saturated carbocycles. The highest BCUT2D eigenvalue weighted by Crippen LogP contribution is 2.11. The first-order valence-electron chi connectivity index (χ1n) is 4.43. The molecule has 3 N–H and O–H groups in total. The number of nitrogens with zero attached hydrogens (tertiary/aromatic N) is 1. The maximum atomic E-state index is 11.4. The number of rotatable bonds is 3. The maximum absolute atomic E-state index is 11.4. The zero-order valence-electron chi connectivity index (χ0n) is 8.53. The molecule has 1 rings (SSSR count). The maximum Gasteiger partial charge on any atom is 0.251 e. The van der Waals surface area contributed by atoms with Crippen LogP contribution >= 0.6 is 0 Å². The molecule has 0 aliphatic heterocycles. The molecule has 0 fully saturated rings. The van der Waals surface area contributed by atoms with Crippen LogP contribution < -0.4 is 5.32 Å². The molecule has 0 aliphatic rings. The highest BCUT2D eigenvalue weighted by molar-refractivity contribution is 5.84. The Hall–Kier alpha value is -1.36. The molecule has 1 atom stereocenters. The zero-order chi connectivity index (χ0) is 10.8. The van der Waals surface area contributed by atoms with E-state index in [0.29, 0.717) is 0 Å². The predicted octanol–water partition coefficient (Wildman–Crippen LogP) is 0.358. The molecule has 14 heavy (non-hydrogen) atoms. The number of aromatic nitrogens is 2. The van der Waals surface area contributed by atoms with Crippen molar-refractivity contribution in [2.24, 2.45) is 0 Å². The summed E-state index contributed by atoms with van der Waals surface area (Å²) >= 11 is 0. The van der Waals surface area contributed by atoms with Crippen LogP contribution in [0.5, 0.6) is 0 Å². The van der Waals surface area contributed by atoms with Crippen LogP contribution in [0.1, 0.15) is 32.4 Å². The number of amides is 1. The van der Waals surface area contributed by atoms with Crippen LogP contribution in [0.15, 0.2) is 12.4 Å². The van der Waals surface area contributed by atoms with Gasteiger partial charge in [-0.25, -0.2) is 0 Å². The highest BCUT2D eigenvalue weighted by atomic mass is 16.3. The average Bonchev–Trinajstić information content (AvgIpc) is 2.53. The lowest BCUT2D eigenvalue weighted by molar-refractivity contribution is -0.137. The van der Waals surface area contributed by atoms with Gasteiger partial charge in [-0.15, -0.1) is 0 Å². The first-order chi connectivity index (χ1) is 6.41. The Kier molecular flexibility index (Phi) is 2.90. The van der Waals surface area contributed by atoms with Crippen molar-refractivity contribution in [3.63, 3.8) is 0 Å². The topological polar surface area (TPSA) is 78.0 Å². The van der Waals surface area contributed by atoms with Crippen molar-refractivity contribution >= 4 is 5.91 Å². The predicted molar refractivity (Wildman–Crippen MR) is 51.4 cm³/mol. The summed E-state index contributed by atoms with van der Waals surface area (Å²) in [4.78, 5) is 11.4. The molecular weight excluding hydrogens is 182 g/mol. The minimum atomic E-state index is -1.35. The van der Waals surface area contributed by atoms with Gasteiger partial charge in [-0.3, -0.25) is 9.89 Å². The zero-order valence-corrected chi connectivity index (χ0v) is 8.53. The number of carbonyl (C=O) groups excluding carboxylic acids is 1. The summed E-state index contributed by atoms with van der Waals surface area (Å²) < 4.78 is 0. The third-order valence-electron chi connectivity index (χ3n) is 1.92. The monoisotopic (exact) mass is 197 g/mol. The van der Waals surface area contributed by atoms with Crippen molar-refractivity contribution in [1.29, 1.82) is 0 Å². The number of nitrogens with one attached hydrogen (secondary N) is 2. The SMILES string of the molecule is CC(NC(=O)C(C)(C)O)c1cn[nH]c1. The molecule has 78 valence electrons. The Morgan fingerprint density at radius 2 is 2.36 bits per heavy atom. The molecule has 1 aromatic rings. The molecule has 0 bridgehead atoms. The van der Waals surface area contributed by atoms with Gasteiger partial charge >= 0.3 is 0 Å². The number of H-pyrrole nitrogens is 1. The summed E-state index contributed by atoms with van der Waals surface area (Å²) in [6.07, 6.45) is 3.34. The first-order valence-corrected chi connectivity index (χ1v) is 4.43. The Labute approximate surface area is 82.5 Å². The number of hydrogen-bond donors (Lipinski definition) is 3. The van der Waals surface area contributed by atoms with Gasteiger partial charge in [0.1, 0.15) is 5.60 Å². The lowest BCUT2D eigenvalue weighted by Crippen LogP contribution is -2.42. The molecule has 0 aromatic carbocycles. The fourth-order valence-corrected chi connectivity index (χ4v) is 0.954. The van der Waals surface area contributed by atoms with Crippen molar-refractivity contribution in [2.45, 2.75) is 32.4 Å². The van der Waals surface area contributed by atoms with E-state index >= 15 is 0 Å². The molecule has 0 aliphatic carbocycles. The van der Waals surface area contributed by atoms with Crippen LogP contribution in [-0.2, 0) is 4.79 Å². The molecule has 1 unspecified atom stereocenters. The van der Waals surface area contributed by atoms with Crippen LogP contribution in [0.3, 0.4) is 0 Å². The second kappa shape index (κ2) is 3.79. The van der Waals surface area contributed by atoms with Gasteiger partial charge in [-0.2, -0.15) is 5.10 Å². The van der Waals surface area contributed by atoms with Crippen LogP contribution in [0.4, 0.5) is 0 Å². The fraction of sp³-hybridized carbons (Fsp3) is 0.556. The minimum absolute atomic E-state index is 0.160. The first kappa shape index (κ1) is 10.7. The number of aliphatic hydroxyl groups is 1. The standard InChI is InChI=1S/C9H15N3O2/c1-6(7-4-10-11-5-7)12-8(13)9(2,3)14/h4-6,14H,1-3H3,(H,10,11)(H,12,13). The molecule has 1 heterocycles. The van der Waals surface area contributed by atoms with E-state index < -0.39 is 11.5 Å². The normalized spacial score (nSPS) is 13.7. The number of carbonyl (C=O) groups is 1. The van der Waals surface area contributed by atoms with Crippen LogP contribution in [-0.4, -0.2) is 26.8 Å². The summed E-state index contributed by atoms with van der Waals surface area (Å²) in [6, 6.07) is -0.160. The lowest BCUT2D eigenvalue weighted by Gasteiger charge is -2.20. The lowest BCUT2D eigenvalue weighted by atomic mass is 10.1. The fourth-order valence-electron chi connectivity index (χ4n) is 0.954. The molecule has 0 saturated heterocycles. The molecule has 0 radical (unpaired) electrons. The van der Waals surface area contributed by atoms with Crippen molar-refractivity contribution in [2.75, 3.05) is 0 Å². The largest absolute Gasteiger partial charge is 0.381 e. The third-order valence-corrected chi connectivity index (χ3v) is 1.92. The van der Waals surface area contributed by atoms with E-state index in [0.717, 1.165) is 5.56 Å². The van der Waals surface area contributed by atoms with Crippen LogP contribution in [0.2, 0.25) is 0 Å². The van der Waals surface area contributed by atoms with Gasteiger partial charge < -0.3 is 10.4 Å². The van der Waals surface area contributed by atoms with Crippen molar-refractivity contribution in [3.8, 4) is 0 Å². The van der Waals surface area contributed by atoms with Crippen molar-refractivity contribution < 1.29 is 9.90 Å². The molecular formula is C9H15N3O2. The van der Waals surface area contributed by atoms with E-state index in [1.54, 1.807) is 12.4 Å². The van der Waals surface area contributed by atoms with Gasteiger partial charge in [0, 0.05) is 11.8 Å². The Morgan fingerprint density at radius 1 is 1.71 bits per heavy atom. The summed E-state index contributed by atoms with van der Waals surface area (Å²) in [5, 5.41) is 18.5. The van der Waals surface area contributed by atoms with E-state index in [-0.39, 0.29) is 6.04 Å². The average molecular weight is 197 g/mol. The summed E-state index contributed by atoms with van der Waals surface area (Å²) in [7, 11) is 0. The molecule has 5 nitrogen and oxygen atoms in total. The van der Waals surface area contributed by atoms with E-state index in [1.165, 1.54) is 13.8 Å². The molecule has 5 heteroatoms. The van der Waals surface area contributed by atoms with Gasteiger partial charge in [-0.1, -0.05) is 0 Å². The van der Waals surface area contributed by atoms with Crippen LogP contribution in [0.25, 0.3) is 0 Å². The summed E-state index contributed by atoms with van der Waals surface area (Å²) in [6.45, 7) is 4.73. The second-order valence-corrected chi connectivity index (χ2v) is 3.79. The van der Waals surface area contributed by atoms with Gasteiger partial charge in [0.15, 0.2) is 0 Å². The molecule has 0 spiro atoms. The van der Waals surface area contributed by atoms with Gasteiger partial charge in [0.05, 0.1) is 12.2 Å². The molecule has 1 aromatic heterocycles. The van der Waals surface area contributed by atoms with Gasteiger partial charge in [0.25, 0.3) is 5.91 Å². The van der Waals surface area contributed by atoms with Crippen LogP contribution in [0, 0.1) is 0 Å². The van der Waals surface area contributed by atoms with E-state index in [9.17, 15) is 9.90 Å². The quantitative estimate of drug-likeness (QED) is 0.654. The summed E-state index contributed by atoms with van der Waals surface area (Å²) in [5.74, 6) is -0.397. The number of hydrogen-bond acceptors (Lipinski definition) is 3. The van der Waals surface area contributed by atoms with E-state index in [1.807, 2.05) is 6.92 Å². The molecule has 1 amide bonds. The highest BCUT2D eigenvalue weighted by Gasteiger charge is 2.25. The second-order valence-electron chi connectivity index (χ2n) is 3.79. The smallest absolute Gasteiger partial charge is 0.251 e. The van der Waals surface area contributed by atoms with E-state index in [4.69, 9.17) is 0 Å². The van der Waals surface area contributed by atoms with Gasteiger partial charge in [0.2, 0.25) is 0 Å². The van der Waals surface area contributed by atoms with Crippen molar-refractivity contribution in [1.82, 2.24) is 15.5 Å². The minimum Gasteiger partial charge on any atom is -0.381 e. The Bertz CT molecular complexity index is 300. The third kappa shape index (κ3) is 2.56. The Balaban J connectivity index is 2.58. The van der Waals surface area contributed by atoms with Gasteiger partial charge in [-0.05, 0) is 20.8 Å².